The lowest BCUT2D eigenvalue weighted by Crippen LogP contribution is -2.45. The molecule has 0 aromatic heterocycles. The fourth-order valence-corrected chi connectivity index (χ4v) is 3.28. The molecule has 0 bridgehead atoms. The number of alkyl halides is 3. The van der Waals surface area contributed by atoms with Crippen molar-refractivity contribution in [1.82, 2.24) is 9.80 Å². The first-order valence-electron chi connectivity index (χ1n) is 6.91. The van der Waals surface area contributed by atoms with E-state index in [1.807, 2.05) is 0 Å². The van der Waals surface area contributed by atoms with Crippen LogP contribution in [-0.2, 0) is 4.79 Å². The average molecular weight is 278 g/mol. The van der Waals surface area contributed by atoms with Gasteiger partial charge in [-0.1, -0.05) is 0 Å². The molecule has 2 heterocycles. The first kappa shape index (κ1) is 14.6. The zero-order valence-corrected chi connectivity index (χ0v) is 11.2. The van der Waals surface area contributed by atoms with Gasteiger partial charge in [-0.15, -0.1) is 0 Å². The van der Waals surface area contributed by atoms with Crippen LogP contribution in [0.5, 0.6) is 0 Å². The number of amides is 1. The lowest BCUT2D eigenvalue weighted by molar-refractivity contribution is -0.162. The number of halogens is 3. The zero-order chi connectivity index (χ0) is 14.0. The van der Waals surface area contributed by atoms with Crippen LogP contribution >= 0.6 is 0 Å². The molecule has 0 aromatic rings. The maximum Gasteiger partial charge on any atom is 0.397 e. The van der Waals surface area contributed by atoms with Crippen LogP contribution < -0.4 is 0 Å². The van der Waals surface area contributed by atoms with E-state index >= 15 is 0 Å². The largest absolute Gasteiger partial charge is 0.397 e. The molecule has 0 aliphatic carbocycles. The Balaban J connectivity index is 1.95. The molecule has 2 fully saturated rings. The molecule has 0 radical (unpaired) electrons. The monoisotopic (exact) mass is 278 g/mol. The molecule has 0 spiro atoms. The lowest BCUT2D eigenvalue weighted by atomic mass is 9.88. The molecule has 19 heavy (non-hydrogen) atoms. The van der Waals surface area contributed by atoms with Crippen LogP contribution in [0, 0.1) is 5.92 Å². The first-order chi connectivity index (χ1) is 8.87. The highest BCUT2D eigenvalue weighted by atomic mass is 19.4. The van der Waals surface area contributed by atoms with E-state index in [0.717, 1.165) is 38.8 Å². The third-order valence-corrected chi connectivity index (χ3v) is 4.28. The van der Waals surface area contributed by atoms with Gasteiger partial charge in [0.1, 0.15) is 6.42 Å². The van der Waals surface area contributed by atoms with E-state index in [0.29, 0.717) is 12.5 Å². The number of carbonyl (C=O) groups excluding carboxylic acids is 1. The minimum atomic E-state index is -4.39. The molecule has 0 aromatic carbocycles. The maximum atomic E-state index is 12.3. The van der Waals surface area contributed by atoms with Crippen LogP contribution in [-0.4, -0.2) is 54.6 Å². The Kier molecular flexibility index (Phi) is 4.38. The second-order valence-corrected chi connectivity index (χ2v) is 5.73. The van der Waals surface area contributed by atoms with Gasteiger partial charge in [0.25, 0.3) is 0 Å². The molecule has 6 heteroatoms. The van der Waals surface area contributed by atoms with E-state index in [1.54, 1.807) is 0 Å². The molecular weight excluding hydrogens is 257 g/mol. The summed E-state index contributed by atoms with van der Waals surface area (Å²) in [6.45, 7) is 2.44. The summed E-state index contributed by atoms with van der Waals surface area (Å²) < 4.78 is 37.0. The van der Waals surface area contributed by atoms with Crippen LogP contribution in [0.25, 0.3) is 0 Å². The number of piperidine rings is 1. The summed E-state index contributed by atoms with van der Waals surface area (Å²) in [5.74, 6) is -0.371. The molecule has 2 aliphatic rings. The number of rotatable bonds is 2. The summed E-state index contributed by atoms with van der Waals surface area (Å²) >= 11 is 0. The normalized spacial score (nSPS) is 26.9. The molecule has 0 N–H and O–H groups in total. The van der Waals surface area contributed by atoms with E-state index in [-0.39, 0.29) is 6.04 Å². The molecule has 0 unspecified atom stereocenters. The molecule has 1 amide bonds. The van der Waals surface area contributed by atoms with Crippen LogP contribution in [0.3, 0.4) is 0 Å². The van der Waals surface area contributed by atoms with Crippen molar-refractivity contribution in [3.8, 4) is 0 Å². The predicted octanol–water partition coefficient (Wildman–Crippen LogP) is 2.27. The van der Waals surface area contributed by atoms with E-state index in [9.17, 15) is 18.0 Å². The molecule has 0 saturated carbocycles. The molecular formula is C13H21F3N2O. The Morgan fingerprint density at radius 3 is 2.37 bits per heavy atom. The standard InChI is InChI=1S/C13H21F3N2O/c1-17-7-4-10(5-8-17)11-3-2-6-18(11)12(19)9-13(14,15)16/h10-11H,2-9H2,1H3/t11-/m0/s1. The molecule has 2 rings (SSSR count). The molecule has 2 aliphatic heterocycles. The van der Waals surface area contributed by atoms with E-state index in [1.165, 1.54) is 4.90 Å². The third kappa shape index (κ3) is 3.84. The van der Waals surface area contributed by atoms with Gasteiger partial charge in [-0.25, -0.2) is 0 Å². The summed E-state index contributed by atoms with van der Waals surface area (Å²) in [5, 5.41) is 0. The van der Waals surface area contributed by atoms with Gasteiger partial charge in [0, 0.05) is 12.6 Å². The highest BCUT2D eigenvalue weighted by Gasteiger charge is 2.40. The van der Waals surface area contributed by atoms with E-state index in [2.05, 4.69) is 11.9 Å². The van der Waals surface area contributed by atoms with Gasteiger partial charge in [0.2, 0.25) is 5.91 Å². The minimum Gasteiger partial charge on any atom is -0.339 e. The fraction of sp³-hybridized carbons (Fsp3) is 0.923. The van der Waals surface area contributed by atoms with Crippen molar-refractivity contribution in [3.63, 3.8) is 0 Å². The molecule has 1 atom stereocenters. The van der Waals surface area contributed by atoms with Gasteiger partial charge >= 0.3 is 6.18 Å². The Morgan fingerprint density at radius 1 is 1.16 bits per heavy atom. The summed E-state index contributed by atoms with van der Waals surface area (Å²) in [4.78, 5) is 15.5. The van der Waals surface area contributed by atoms with Crippen molar-refractivity contribution in [2.24, 2.45) is 5.92 Å². The number of hydrogen-bond acceptors (Lipinski definition) is 2. The van der Waals surface area contributed by atoms with Gasteiger partial charge in [-0.05, 0) is 51.7 Å². The first-order valence-corrected chi connectivity index (χ1v) is 6.91. The lowest BCUT2D eigenvalue weighted by Gasteiger charge is -2.37. The second-order valence-electron chi connectivity index (χ2n) is 5.73. The minimum absolute atomic E-state index is 0.0311. The van der Waals surface area contributed by atoms with Gasteiger partial charge in [-0.3, -0.25) is 4.79 Å². The highest BCUT2D eigenvalue weighted by molar-refractivity contribution is 5.77. The number of nitrogens with zero attached hydrogens (tertiary/aromatic N) is 2. The molecule has 2 saturated heterocycles. The van der Waals surface area contributed by atoms with E-state index in [4.69, 9.17) is 0 Å². The third-order valence-electron chi connectivity index (χ3n) is 4.28. The molecule has 110 valence electrons. The Labute approximate surface area is 111 Å². The van der Waals surface area contributed by atoms with Crippen LogP contribution in [0.15, 0.2) is 0 Å². The summed E-state index contributed by atoms with van der Waals surface area (Å²) in [6.07, 6.45) is -2.04. The topological polar surface area (TPSA) is 23.6 Å². The second kappa shape index (κ2) is 5.69. The fourth-order valence-electron chi connectivity index (χ4n) is 3.28. The highest BCUT2D eigenvalue weighted by Crippen LogP contribution is 2.32. The predicted molar refractivity (Wildman–Crippen MR) is 65.6 cm³/mol. The average Bonchev–Trinajstić information content (AvgIpc) is 2.76. The van der Waals surface area contributed by atoms with Crippen LogP contribution in [0.4, 0.5) is 13.2 Å². The zero-order valence-electron chi connectivity index (χ0n) is 11.2. The smallest absolute Gasteiger partial charge is 0.339 e. The van der Waals surface area contributed by atoms with Crippen molar-refractivity contribution < 1.29 is 18.0 Å². The van der Waals surface area contributed by atoms with Crippen LogP contribution in [0.2, 0.25) is 0 Å². The summed E-state index contributed by atoms with van der Waals surface area (Å²) in [5.41, 5.74) is 0. The Bertz CT molecular complexity index is 324. The SMILES string of the molecule is CN1CCC([C@@H]2CCCN2C(=O)CC(F)(F)F)CC1. The van der Waals surface area contributed by atoms with Crippen molar-refractivity contribution in [3.05, 3.63) is 0 Å². The van der Waals surface area contributed by atoms with Crippen molar-refractivity contribution in [1.29, 1.82) is 0 Å². The Morgan fingerprint density at radius 2 is 1.79 bits per heavy atom. The number of likely N-dealkylation sites (tertiary alicyclic amines) is 2. The maximum absolute atomic E-state index is 12.3. The van der Waals surface area contributed by atoms with Gasteiger partial charge < -0.3 is 9.80 Å². The number of hydrogen-bond donors (Lipinski definition) is 0. The van der Waals surface area contributed by atoms with Gasteiger partial charge in [0.05, 0.1) is 0 Å². The Hall–Kier alpha value is -0.780. The summed E-state index contributed by atoms with van der Waals surface area (Å²) in [6, 6.07) is 0.0311. The summed E-state index contributed by atoms with van der Waals surface area (Å²) in [7, 11) is 2.05. The van der Waals surface area contributed by atoms with Crippen molar-refractivity contribution in [2.45, 2.75) is 44.3 Å². The number of carbonyl (C=O) groups is 1. The van der Waals surface area contributed by atoms with Gasteiger partial charge in [-0.2, -0.15) is 13.2 Å². The van der Waals surface area contributed by atoms with E-state index < -0.39 is 18.5 Å². The van der Waals surface area contributed by atoms with Crippen molar-refractivity contribution >= 4 is 5.91 Å². The van der Waals surface area contributed by atoms with Gasteiger partial charge in [0.15, 0.2) is 0 Å². The quantitative estimate of drug-likeness (QED) is 0.773. The molecule has 3 nitrogen and oxygen atoms in total. The van der Waals surface area contributed by atoms with Crippen LogP contribution in [0.1, 0.15) is 32.1 Å². The van der Waals surface area contributed by atoms with Crippen molar-refractivity contribution in [2.75, 3.05) is 26.7 Å².